The minimum atomic E-state index is -2.22. The summed E-state index contributed by atoms with van der Waals surface area (Å²) in [6, 6.07) is 25.8. The van der Waals surface area contributed by atoms with Gasteiger partial charge in [0, 0.05) is 46.1 Å². The fraction of sp³-hybridized carbons (Fsp3) is 0.195. The van der Waals surface area contributed by atoms with E-state index >= 15 is 0 Å². The zero-order valence-electron chi connectivity index (χ0n) is 33.5. The van der Waals surface area contributed by atoms with Crippen LogP contribution in [-0.2, 0) is 20.1 Å². The molecule has 7 aromatic rings. The Morgan fingerprint density at radius 2 is 1.56 bits per heavy atom. The second kappa shape index (κ2) is 14.1. The summed E-state index contributed by atoms with van der Waals surface area (Å²) in [4.78, 5) is 13.0. The number of hydrogen-bond acceptors (Lipinski definition) is 4. The summed E-state index contributed by atoms with van der Waals surface area (Å²) in [6.07, 6.45) is 4.61. The molecule has 1 radical (unpaired) electrons. The average Bonchev–Trinajstić information content (AvgIpc) is 3.45. The monoisotopic (exact) mass is 834 g/mol. The molecular weight excluding hydrogens is 790 g/mol. The number of halogens is 1. The molecule has 7 rings (SSSR count). The summed E-state index contributed by atoms with van der Waals surface area (Å²) in [5, 5.41) is 2.26. The van der Waals surface area contributed by atoms with E-state index in [-0.39, 0.29) is 31.5 Å². The first-order chi connectivity index (χ1) is 24.8. The SMILES string of the molecule is Cc1cc(C)c(-c2ccnc(-c3[c-]ccc4c3oc3ncc(F)cc34)c2)c(C)c1.[2H]C([2H])([2H])c1c[c-]c(-c2cc(C([2H])([2H])[2H])c([Si](C)(C)C)cn2)cc1.[Ir]. The number of pyridine rings is 3. The fourth-order valence-electron chi connectivity index (χ4n) is 5.93. The smallest absolute Gasteiger partial charge is 0.216 e. The van der Waals surface area contributed by atoms with E-state index in [9.17, 15) is 4.39 Å². The topological polar surface area (TPSA) is 51.8 Å². The van der Waals surface area contributed by atoms with Crippen LogP contribution in [0.2, 0.25) is 19.6 Å². The van der Waals surface area contributed by atoms with Crippen LogP contribution in [0, 0.1) is 52.4 Å². The molecule has 0 atom stereocenters. The van der Waals surface area contributed by atoms with Crippen molar-refractivity contribution in [2.75, 3.05) is 0 Å². The van der Waals surface area contributed by atoms with E-state index in [1.165, 1.54) is 40.5 Å². The molecule has 4 nitrogen and oxygen atoms in total. The van der Waals surface area contributed by atoms with Crippen molar-refractivity contribution in [3.8, 4) is 33.6 Å². The molecule has 0 fully saturated rings. The molecular formula is C41H38FIrN3OSi-2. The van der Waals surface area contributed by atoms with Gasteiger partial charge in [0.25, 0.3) is 0 Å². The van der Waals surface area contributed by atoms with Gasteiger partial charge in [-0.15, -0.1) is 53.6 Å². The van der Waals surface area contributed by atoms with Crippen molar-refractivity contribution in [2.45, 2.75) is 54.1 Å². The van der Waals surface area contributed by atoms with Gasteiger partial charge in [0.05, 0.1) is 19.9 Å². The van der Waals surface area contributed by atoms with Crippen LogP contribution in [0.1, 0.15) is 36.0 Å². The Morgan fingerprint density at radius 1 is 0.771 bits per heavy atom. The molecule has 0 spiro atoms. The minimum Gasteiger partial charge on any atom is -0.486 e. The number of furan rings is 1. The molecule has 4 heterocycles. The van der Waals surface area contributed by atoms with E-state index in [0.29, 0.717) is 33.5 Å². The molecule has 0 saturated carbocycles. The summed E-state index contributed by atoms with van der Waals surface area (Å²) in [5.74, 6) is -0.389. The van der Waals surface area contributed by atoms with E-state index in [4.69, 9.17) is 12.6 Å². The Kier molecular flexibility index (Phi) is 8.09. The van der Waals surface area contributed by atoms with Crippen molar-refractivity contribution in [3.05, 3.63) is 131 Å². The normalized spacial score (nSPS) is 13.6. The standard InChI is InChI=1S/C25H18FN2O.C16H20NSi.Ir/c1-14-9-15(2)23(16(3)10-14)17-7-8-27-22(11-17)20-6-4-5-19-21-12-18(26)13-28-25(21)29-24(19)20;1-12-6-8-14(9-7-12)15-10-13(2)16(11-17-15)18(3,4)5;/h4-5,7-13H,1-3H3;6-8,10-11H,1-5H3;/q2*-1;/i;1D3,2D3;. The number of aryl methyl sites for hydroxylation is 5. The predicted octanol–water partition coefficient (Wildman–Crippen LogP) is 10.3. The number of rotatable bonds is 4. The van der Waals surface area contributed by atoms with Gasteiger partial charge in [-0.3, -0.25) is 0 Å². The van der Waals surface area contributed by atoms with E-state index in [0.717, 1.165) is 33.6 Å². The second-order valence-electron chi connectivity index (χ2n) is 12.8. The van der Waals surface area contributed by atoms with Gasteiger partial charge in [0.1, 0.15) is 5.82 Å². The Bertz CT molecular complexity index is 2450. The summed E-state index contributed by atoms with van der Waals surface area (Å²) in [7, 11) is -1.85. The third-order valence-corrected chi connectivity index (χ3v) is 10.1. The molecule has 0 N–H and O–H groups in total. The van der Waals surface area contributed by atoms with Crippen LogP contribution in [0.15, 0.2) is 89.7 Å². The molecule has 245 valence electrons. The molecule has 7 heteroatoms. The Hall–Kier alpha value is -4.29. The third-order valence-electron chi connectivity index (χ3n) is 8.04. The average molecular weight is 834 g/mol. The molecule has 0 saturated heterocycles. The van der Waals surface area contributed by atoms with E-state index < -0.39 is 21.8 Å². The summed E-state index contributed by atoms with van der Waals surface area (Å²) in [5.41, 5.74) is 10.1. The van der Waals surface area contributed by atoms with Crippen molar-refractivity contribution in [3.63, 3.8) is 0 Å². The van der Waals surface area contributed by atoms with Crippen LogP contribution in [0.25, 0.3) is 55.7 Å². The maximum absolute atomic E-state index is 13.7. The molecule has 0 unspecified atom stereocenters. The number of hydrogen-bond donors (Lipinski definition) is 0. The number of benzene rings is 3. The quantitative estimate of drug-likeness (QED) is 0.131. The largest absolute Gasteiger partial charge is 0.486 e. The van der Waals surface area contributed by atoms with E-state index in [2.05, 4.69) is 85.7 Å². The molecule has 4 aromatic heterocycles. The molecule has 0 aliphatic rings. The van der Waals surface area contributed by atoms with Gasteiger partial charge < -0.3 is 14.4 Å². The first-order valence-corrected chi connectivity index (χ1v) is 18.8. The molecule has 0 aliphatic heterocycles. The van der Waals surface area contributed by atoms with Crippen molar-refractivity contribution in [1.82, 2.24) is 15.0 Å². The van der Waals surface area contributed by atoms with Crippen LogP contribution < -0.4 is 5.19 Å². The van der Waals surface area contributed by atoms with Crippen LogP contribution in [0.3, 0.4) is 0 Å². The third kappa shape index (κ3) is 7.24. The maximum Gasteiger partial charge on any atom is 0.216 e. The molecule has 0 amide bonds. The molecule has 3 aromatic carbocycles. The molecule has 0 bridgehead atoms. The predicted molar refractivity (Wildman–Crippen MR) is 194 cm³/mol. The number of aromatic nitrogens is 3. The van der Waals surface area contributed by atoms with Crippen molar-refractivity contribution in [2.24, 2.45) is 0 Å². The van der Waals surface area contributed by atoms with Gasteiger partial charge in [0.2, 0.25) is 5.71 Å². The molecule has 48 heavy (non-hydrogen) atoms. The fourth-order valence-corrected chi connectivity index (χ4v) is 7.26. The molecule has 0 aliphatic carbocycles. The summed E-state index contributed by atoms with van der Waals surface area (Å²) < 4.78 is 65.2. The van der Waals surface area contributed by atoms with E-state index in [1.54, 1.807) is 24.5 Å². The minimum absolute atomic E-state index is 0. The van der Waals surface area contributed by atoms with Crippen LogP contribution in [-0.4, -0.2) is 23.0 Å². The zero-order chi connectivity index (χ0) is 38.5. The van der Waals surface area contributed by atoms with Crippen molar-refractivity contribution >= 4 is 35.3 Å². The maximum atomic E-state index is 13.7. The first-order valence-electron chi connectivity index (χ1n) is 18.3. The Balaban J connectivity index is 0.000000208. The van der Waals surface area contributed by atoms with Gasteiger partial charge in [-0.05, 0) is 78.6 Å². The Morgan fingerprint density at radius 3 is 2.25 bits per heavy atom. The van der Waals surface area contributed by atoms with Crippen molar-refractivity contribution < 1.29 is 37.1 Å². The van der Waals surface area contributed by atoms with Gasteiger partial charge in [-0.25, -0.2) is 9.37 Å². The van der Waals surface area contributed by atoms with Gasteiger partial charge in [0.15, 0.2) is 0 Å². The van der Waals surface area contributed by atoms with Crippen LogP contribution >= 0.6 is 0 Å². The van der Waals surface area contributed by atoms with Gasteiger partial charge in [-0.2, -0.15) is 0 Å². The number of fused-ring (bicyclic) bond motifs is 3. The first kappa shape index (κ1) is 27.6. The van der Waals surface area contributed by atoms with Crippen molar-refractivity contribution in [1.29, 1.82) is 0 Å². The zero-order valence-corrected chi connectivity index (χ0v) is 30.9. The Labute approximate surface area is 305 Å². The summed E-state index contributed by atoms with van der Waals surface area (Å²) in [6.45, 7) is 8.20. The number of nitrogens with zero attached hydrogens (tertiary/aromatic N) is 3. The van der Waals surface area contributed by atoms with E-state index in [1.807, 2.05) is 18.2 Å². The van der Waals surface area contributed by atoms with Crippen LogP contribution in [0.4, 0.5) is 4.39 Å². The second-order valence-corrected chi connectivity index (χ2v) is 17.8. The van der Waals surface area contributed by atoms with Gasteiger partial charge >= 0.3 is 0 Å². The van der Waals surface area contributed by atoms with Crippen LogP contribution in [0.5, 0.6) is 0 Å². The van der Waals surface area contributed by atoms with Gasteiger partial charge in [-0.1, -0.05) is 72.8 Å². The summed E-state index contributed by atoms with van der Waals surface area (Å²) >= 11 is 0.